The van der Waals surface area contributed by atoms with Crippen LogP contribution in [0.3, 0.4) is 0 Å². The number of hydrogen-bond acceptors (Lipinski definition) is 5. The maximum absolute atomic E-state index is 12.1. The summed E-state index contributed by atoms with van der Waals surface area (Å²) >= 11 is 6.95. The molecular formula is C22H19Br2N3O3. The van der Waals surface area contributed by atoms with Crippen LogP contribution in [0.1, 0.15) is 28.4 Å². The number of carbonyl (C=O) groups is 1. The molecule has 1 heterocycles. The molecule has 2 aromatic carbocycles. The van der Waals surface area contributed by atoms with Crippen molar-refractivity contribution in [2.24, 2.45) is 5.10 Å². The third-order valence-electron chi connectivity index (χ3n) is 3.98. The summed E-state index contributed by atoms with van der Waals surface area (Å²) in [6.45, 7) is 2.81. The van der Waals surface area contributed by atoms with E-state index in [1.165, 1.54) is 0 Å². The van der Waals surface area contributed by atoms with E-state index in [0.29, 0.717) is 30.3 Å². The van der Waals surface area contributed by atoms with Gasteiger partial charge in [-0.05, 0) is 64.8 Å². The van der Waals surface area contributed by atoms with Gasteiger partial charge in [0.1, 0.15) is 6.61 Å². The average molecular weight is 533 g/mol. The van der Waals surface area contributed by atoms with Crippen LogP contribution in [0.2, 0.25) is 0 Å². The number of carbonyl (C=O) groups excluding carboxylic acids is 1. The summed E-state index contributed by atoms with van der Waals surface area (Å²) in [4.78, 5) is 16.0. The van der Waals surface area contributed by atoms with E-state index in [9.17, 15) is 4.79 Å². The Balaban J connectivity index is 1.71. The Hall–Kier alpha value is -2.71. The second-order valence-electron chi connectivity index (χ2n) is 6.10. The number of halogens is 2. The monoisotopic (exact) mass is 531 g/mol. The molecule has 6 nitrogen and oxygen atoms in total. The Kier molecular flexibility index (Phi) is 7.98. The summed E-state index contributed by atoms with van der Waals surface area (Å²) in [7, 11) is 0. The van der Waals surface area contributed by atoms with Gasteiger partial charge >= 0.3 is 0 Å². The number of nitrogens with one attached hydrogen (secondary N) is 1. The molecule has 0 bridgehead atoms. The van der Waals surface area contributed by atoms with Gasteiger partial charge in [0.05, 0.1) is 12.8 Å². The van der Waals surface area contributed by atoms with Gasteiger partial charge in [-0.1, -0.05) is 28.1 Å². The van der Waals surface area contributed by atoms with Gasteiger partial charge in [0.2, 0.25) is 0 Å². The predicted molar refractivity (Wildman–Crippen MR) is 123 cm³/mol. The largest absolute Gasteiger partial charge is 0.490 e. The standard InChI is InChI=1S/C22H19Br2N3O3/c1-2-29-20-11-17(13-26-27-22(28)16-7-9-25-10-8-16)19(24)12-21(20)30-14-15-3-5-18(23)6-4-15/h3-13H,2,14H2,1H3,(H,27,28)/b26-13-. The zero-order valence-electron chi connectivity index (χ0n) is 16.1. The fourth-order valence-corrected chi connectivity index (χ4v) is 3.19. The maximum Gasteiger partial charge on any atom is 0.271 e. The van der Waals surface area contributed by atoms with E-state index in [1.807, 2.05) is 43.3 Å². The van der Waals surface area contributed by atoms with E-state index in [0.717, 1.165) is 20.1 Å². The molecule has 1 N–H and O–H groups in total. The van der Waals surface area contributed by atoms with Crippen LogP contribution in [0, 0.1) is 0 Å². The van der Waals surface area contributed by atoms with E-state index < -0.39 is 0 Å². The Morgan fingerprint density at radius 3 is 2.47 bits per heavy atom. The molecule has 8 heteroatoms. The number of hydrazone groups is 1. The van der Waals surface area contributed by atoms with Gasteiger partial charge in [0, 0.05) is 32.5 Å². The van der Waals surface area contributed by atoms with Gasteiger partial charge in [0.15, 0.2) is 11.5 Å². The Morgan fingerprint density at radius 1 is 1.07 bits per heavy atom. The van der Waals surface area contributed by atoms with Crippen LogP contribution in [0.15, 0.2) is 75.0 Å². The molecule has 30 heavy (non-hydrogen) atoms. The molecule has 0 aliphatic carbocycles. The lowest BCUT2D eigenvalue weighted by molar-refractivity contribution is 0.0955. The van der Waals surface area contributed by atoms with Gasteiger partial charge < -0.3 is 9.47 Å². The second kappa shape index (κ2) is 10.9. The maximum atomic E-state index is 12.1. The number of pyridine rings is 1. The Morgan fingerprint density at radius 2 is 1.77 bits per heavy atom. The van der Waals surface area contributed by atoms with Crippen molar-refractivity contribution < 1.29 is 14.3 Å². The van der Waals surface area contributed by atoms with Gasteiger partial charge in [-0.2, -0.15) is 5.10 Å². The minimum Gasteiger partial charge on any atom is -0.490 e. The first-order valence-electron chi connectivity index (χ1n) is 9.14. The van der Waals surface area contributed by atoms with Crippen LogP contribution < -0.4 is 14.9 Å². The summed E-state index contributed by atoms with van der Waals surface area (Å²) in [6.07, 6.45) is 4.65. The minimum absolute atomic E-state index is 0.316. The third-order valence-corrected chi connectivity index (χ3v) is 5.20. The van der Waals surface area contributed by atoms with E-state index in [1.54, 1.807) is 30.7 Å². The molecule has 3 rings (SSSR count). The van der Waals surface area contributed by atoms with Gasteiger partial charge in [0.25, 0.3) is 5.91 Å². The second-order valence-corrected chi connectivity index (χ2v) is 7.87. The minimum atomic E-state index is -0.316. The molecule has 0 aliphatic heterocycles. The molecule has 1 aromatic heterocycles. The van der Waals surface area contributed by atoms with Crippen LogP contribution >= 0.6 is 31.9 Å². The molecule has 0 atom stereocenters. The number of amides is 1. The number of nitrogens with zero attached hydrogens (tertiary/aromatic N) is 2. The lowest BCUT2D eigenvalue weighted by Crippen LogP contribution is -2.17. The molecule has 0 spiro atoms. The van der Waals surface area contributed by atoms with Crippen LogP contribution in [-0.4, -0.2) is 23.7 Å². The van der Waals surface area contributed by atoms with Crippen molar-refractivity contribution in [2.45, 2.75) is 13.5 Å². The number of aromatic nitrogens is 1. The fourth-order valence-electron chi connectivity index (χ4n) is 2.50. The van der Waals surface area contributed by atoms with Crippen LogP contribution in [0.25, 0.3) is 0 Å². The normalized spacial score (nSPS) is 10.8. The molecule has 154 valence electrons. The van der Waals surface area contributed by atoms with Crippen molar-refractivity contribution in [1.82, 2.24) is 10.4 Å². The highest BCUT2D eigenvalue weighted by Crippen LogP contribution is 2.34. The summed E-state index contributed by atoms with van der Waals surface area (Å²) in [5.41, 5.74) is 4.76. The highest BCUT2D eigenvalue weighted by molar-refractivity contribution is 9.10. The molecule has 0 saturated heterocycles. The molecule has 0 saturated carbocycles. The third kappa shape index (κ3) is 6.14. The highest BCUT2D eigenvalue weighted by Gasteiger charge is 2.11. The van der Waals surface area contributed by atoms with Gasteiger partial charge in [-0.25, -0.2) is 5.43 Å². The lowest BCUT2D eigenvalue weighted by Gasteiger charge is -2.14. The van der Waals surface area contributed by atoms with Crippen LogP contribution in [0.4, 0.5) is 0 Å². The van der Waals surface area contributed by atoms with Crippen molar-refractivity contribution in [2.75, 3.05) is 6.61 Å². The quantitative estimate of drug-likeness (QED) is 0.313. The average Bonchev–Trinajstić information content (AvgIpc) is 2.76. The number of hydrogen-bond donors (Lipinski definition) is 1. The van der Waals surface area contributed by atoms with Crippen molar-refractivity contribution in [1.29, 1.82) is 0 Å². The van der Waals surface area contributed by atoms with E-state index in [-0.39, 0.29) is 5.91 Å². The first kappa shape index (κ1) is 22.0. The molecular weight excluding hydrogens is 514 g/mol. The smallest absolute Gasteiger partial charge is 0.271 e. The van der Waals surface area contributed by atoms with Crippen LogP contribution in [0.5, 0.6) is 11.5 Å². The zero-order chi connectivity index (χ0) is 21.3. The van der Waals surface area contributed by atoms with E-state index in [2.05, 4.69) is 47.4 Å². The predicted octanol–water partition coefficient (Wildman–Crippen LogP) is 5.35. The van der Waals surface area contributed by atoms with E-state index >= 15 is 0 Å². The first-order chi connectivity index (χ1) is 14.6. The summed E-state index contributed by atoms with van der Waals surface area (Å²) in [5.74, 6) is 0.897. The topological polar surface area (TPSA) is 72.8 Å². The molecule has 0 unspecified atom stereocenters. The summed E-state index contributed by atoms with van der Waals surface area (Å²) in [5, 5.41) is 4.04. The number of benzene rings is 2. The molecule has 0 aliphatic rings. The molecule has 3 aromatic rings. The van der Waals surface area contributed by atoms with Gasteiger partial charge in [-0.15, -0.1) is 0 Å². The number of rotatable bonds is 8. The van der Waals surface area contributed by atoms with Crippen molar-refractivity contribution in [3.05, 3.63) is 86.6 Å². The molecule has 0 radical (unpaired) electrons. The zero-order valence-corrected chi connectivity index (χ0v) is 19.3. The summed E-state index contributed by atoms with van der Waals surface area (Å²) < 4.78 is 13.5. The van der Waals surface area contributed by atoms with E-state index in [4.69, 9.17) is 9.47 Å². The molecule has 0 fully saturated rings. The number of ether oxygens (including phenoxy) is 2. The fraction of sp³-hybridized carbons (Fsp3) is 0.136. The van der Waals surface area contributed by atoms with Crippen LogP contribution in [-0.2, 0) is 6.61 Å². The van der Waals surface area contributed by atoms with Crippen molar-refractivity contribution in [3.8, 4) is 11.5 Å². The Bertz CT molecular complexity index is 1030. The van der Waals surface area contributed by atoms with Crippen molar-refractivity contribution in [3.63, 3.8) is 0 Å². The highest BCUT2D eigenvalue weighted by atomic mass is 79.9. The summed E-state index contributed by atoms with van der Waals surface area (Å²) in [6, 6.07) is 14.8. The lowest BCUT2D eigenvalue weighted by atomic mass is 10.2. The molecule has 1 amide bonds. The SMILES string of the molecule is CCOc1cc(/C=N\NC(=O)c2ccncc2)c(Br)cc1OCc1ccc(Br)cc1. The Labute approximate surface area is 191 Å². The van der Waals surface area contributed by atoms with Gasteiger partial charge in [-0.3, -0.25) is 9.78 Å². The van der Waals surface area contributed by atoms with Crippen molar-refractivity contribution >= 4 is 44.0 Å². The first-order valence-corrected chi connectivity index (χ1v) is 10.7.